The molecule has 0 aliphatic rings. The van der Waals surface area contributed by atoms with Crippen molar-refractivity contribution in [2.45, 2.75) is 23.5 Å². The van der Waals surface area contributed by atoms with Gasteiger partial charge in [-0.3, -0.25) is 4.79 Å². The number of nitriles is 1. The topological polar surface area (TPSA) is 44.1 Å². The van der Waals surface area contributed by atoms with E-state index >= 15 is 0 Å². The van der Waals surface area contributed by atoms with E-state index in [4.69, 9.17) is 5.26 Å². The van der Waals surface area contributed by atoms with Gasteiger partial charge >= 0.3 is 0 Å². The van der Waals surface area contributed by atoms with Crippen molar-refractivity contribution in [2.24, 2.45) is 0 Å². The summed E-state index contributed by atoms with van der Waals surface area (Å²) in [5.41, 5.74) is 0.777. The highest BCUT2D eigenvalue weighted by atomic mass is 32.2. The number of halogens is 1. The van der Waals surface area contributed by atoms with Crippen LogP contribution in [0.4, 0.5) is 10.1 Å². The summed E-state index contributed by atoms with van der Waals surface area (Å²) >= 11 is 1.38. The van der Waals surface area contributed by atoms with Gasteiger partial charge in [0.25, 0.3) is 0 Å². The van der Waals surface area contributed by atoms with Gasteiger partial charge in [-0.05, 0) is 43.3 Å². The van der Waals surface area contributed by atoms with E-state index in [-0.39, 0.29) is 23.4 Å². The Morgan fingerprint density at radius 3 is 2.48 bits per heavy atom. The predicted molar refractivity (Wildman–Crippen MR) is 90.7 cm³/mol. The van der Waals surface area contributed by atoms with E-state index in [2.05, 4.69) is 6.07 Å². The van der Waals surface area contributed by atoms with Crippen LogP contribution < -0.4 is 4.90 Å². The molecule has 0 N–H and O–H groups in total. The lowest BCUT2D eigenvalue weighted by molar-refractivity contribution is -0.117. The molecule has 0 fully saturated rings. The second-order valence-corrected chi connectivity index (χ2v) is 6.36. The monoisotopic (exact) mass is 328 g/mol. The molecule has 0 aromatic heterocycles. The Morgan fingerprint density at radius 2 is 1.87 bits per heavy atom. The molecule has 3 nitrogen and oxygen atoms in total. The number of benzene rings is 2. The van der Waals surface area contributed by atoms with Crippen LogP contribution in [0, 0.1) is 17.1 Å². The van der Waals surface area contributed by atoms with Crippen LogP contribution in [-0.2, 0) is 4.79 Å². The second kappa shape index (κ2) is 8.35. The quantitative estimate of drug-likeness (QED) is 0.745. The minimum absolute atomic E-state index is 0.0687. The Hall–Kier alpha value is -2.32. The Bertz CT molecular complexity index is 682. The van der Waals surface area contributed by atoms with E-state index in [1.807, 2.05) is 37.3 Å². The fourth-order valence-electron chi connectivity index (χ4n) is 2.12. The third kappa shape index (κ3) is 4.83. The fraction of sp³-hybridized carbons (Fsp3) is 0.222. The largest absolute Gasteiger partial charge is 0.310 e. The number of carbonyl (C=O) groups is 1. The molecule has 0 aliphatic heterocycles. The second-order valence-electron chi connectivity index (χ2n) is 4.95. The summed E-state index contributed by atoms with van der Waals surface area (Å²) in [6.45, 7) is 2.17. The normalized spacial score (nSPS) is 11.5. The average molecular weight is 328 g/mol. The molecule has 1 unspecified atom stereocenters. The van der Waals surface area contributed by atoms with Crippen LogP contribution in [0.15, 0.2) is 59.5 Å². The number of anilines is 1. The van der Waals surface area contributed by atoms with Gasteiger partial charge in [0.2, 0.25) is 5.91 Å². The molecule has 0 spiro atoms. The highest BCUT2D eigenvalue weighted by Crippen LogP contribution is 2.26. The van der Waals surface area contributed by atoms with Crippen molar-refractivity contribution in [1.29, 1.82) is 5.26 Å². The lowest BCUT2D eigenvalue weighted by Crippen LogP contribution is -2.37. The van der Waals surface area contributed by atoms with Crippen molar-refractivity contribution in [1.82, 2.24) is 0 Å². The lowest BCUT2D eigenvalue weighted by atomic mass is 10.2. The number of hydrogen-bond donors (Lipinski definition) is 0. The number of para-hydroxylation sites is 1. The lowest BCUT2D eigenvalue weighted by Gasteiger charge is -2.25. The summed E-state index contributed by atoms with van der Waals surface area (Å²) in [6, 6.07) is 17.5. The van der Waals surface area contributed by atoms with Gasteiger partial charge in [0, 0.05) is 17.1 Å². The molecule has 5 heteroatoms. The number of carbonyl (C=O) groups excluding carboxylic acids is 1. The molecule has 0 saturated carbocycles. The average Bonchev–Trinajstić information content (AvgIpc) is 2.58. The van der Waals surface area contributed by atoms with Gasteiger partial charge < -0.3 is 4.90 Å². The van der Waals surface area contributed by atoms with Gasteiger partial charge in [0.1, 0.15) is 5.82 Å². The number of thioether (sulfide) groups is 1. The predicted octanol–water partition coefficient (Wildman–Crippen LogP) is 4.25. The van der Waals surface area contributed by atoms with Crippen molar-refractivity contribution >= 4 is 23.4 Å². The van der Waals surface area contributed by atoms with E-state index in [1.165, 1.54) is 23.9 Å². The molecule has 0 aliphatic carbocycles. The molecule has 0 radical (unpaired) electrons. The third-order valence-electron chi connectivity index (χ3n) is 3.26. The molecule has 0 bridgehead atoms. The molecule has 1 atom stereocenters. The first kappa shape index (κ1) is 17.0. The Labute approximate surface area is 139 Å². The molecule has 2 rings (SSSR count). The molecule has 0 saturated heterocycles. The number of amides is 1. The smallest absolute Gasteiger partial charge is 0.240 e. The molecule has 1 amide bonds. The van der Waals surface area contributed by atoms with E-state index in [0.29, 0.717) is 6.54 Å². The van der Waals surface area contributed by atoms with Crippen LogP contribution in [0.5, 0.6) is 0 Å². The standard InChI is InChI=1S/C18H17FN2OS/c1-14(23-17-10-8-15(19)9-11-17)18(22)21(13-5-12-20)16-6-3-2-4-7-16/h2-4,6-11,14H,5,13H2,1H3. The van der Waals surface area contributed by atoms with Crippen molar-refractivity contribution in [3.05, 3.63) is 60.4 Å². The maximum atomic E-state index is 13.0. The Kier molecular flexibility index (Phi) is 6.19. The molecule has 2 aromatic carbocycles. The van der Waals surface area contributed by atoms with Gasteiger partial charge in [0.05, 0.1) is 17.7 Å². The highest BCUT2D eigenvalue weighted by molar-refractivity contribution is 8.00. The summed E-state index contributed by atoms with van der Waals surface area (Å²) in [4.78, 5) is 15.2. The van der Waals surface area contributed by atoms with Crippen molar-refractivity contribution in [3.63, 3.8) is 0 Å². The summed E-state index contributed by atoms with van der Waals surface area (Å²) in [5, 5.41) is 8.48. The van der Waals surface area contributed by atoms with Crippen molar-refractivity contribution < 1.29 is 9.18 Å². The number of hydrogen-bond acceptors (Lipinski definition) is 3. The Morgan fingerprint density at radius 1 is 1.22 bits per heavy atom. The fourth-order valence-corrected chi connectivity index (χ4v) is 3.05. The van der Waals surface area contributed by atoms with E-state index in [0.717, 1.165) is 10.6 Å². The molecular formula is C18H17FN2OS. The maximum absolute atomic E-state index is 13.0. The first-order chi connectivity index (χ1) is 11.1. The molecule has 118 valence electrons. The van der Waals surface area contributed by atoms with Crippen LogP contribution in [0.1, 0.15) is 13.3 Å². The zero-order valence-electron chi connectivity index (χ0n) is 12.8. The molecule has 23 heavy (non-hydrogen) atoms. The van der Waals surface area contributed by atoms with Crippen LogP contribution in [0.25, 0.3) is 0 Å². The van der Waals surface area contributed by atoms with Crippen LogP contribution in [-0.4, -0.2) is 17.7 Å². The van der Waals surface area contributed by atoms with Gasteiger partial charge in [-0.25, -0.2) is 4.39 Å². The van der Waals surface area contributed by atoms with Gasteiger partial charge in [-0.2, -0.15) is 5.26 Å². The van der Waals surface area contributed by atoms with E-state index < -0.39 is 0 Å². The summed E-state index contributed by atoms with van der Waals surface area (Å²) in [7, 11) is 0. The van der Waals surface area contributed by atoms with Gasteiger partial charge in [0.15, 0.2) is 0 Å². The summed E-state index contributed by atoms with van der Waals surface area (Å²) < 4.78 is 13.0. The van der Waals surface area contributed by atoms with E-state index in [9.17, 15) is 9.18 Å². The van der Waals surface area contributed by atoms with E-state index in [1.54, 1.807) is 17.0 Å². The number of nitrogens with zero attached hydrogens (tertiary/aromatic N) is 2. The van der Waals surface area contributed by atoms with Crippen LogP contribution in [0.3, 0.4) is 0 Å². The van der Waals surface area contributed by atoms with Crippen molar-refractivity contribution in [3.8, 4) is 6.07 Å². The Balaban J connectivity index is 2.12. The molecular weight excluding hydrogens is 311 g/mol. The summed E-state index contributed by atoms with van der Waals surface area (Å²) in [6.07, 6.45) is 0.272. The number of rotatable bonds is 6. The highest BCUT2D eigenvalue weighted by Gasteiger charge is 2.22. The first-order valence-corrected chi connectivity index (χ1v) is 8.15. The minimum atomic E-state index is -0.334. The SMILES string of the molecule is CC(Sc1ccc(F)cc1)C(=O)N(CCC#N)c1ccccc1. The van der Waals surface area contributed by atoms with Crippen LogP contribution in [0.2, 0.25) is 0 Å². The molecule has 2 aromatic rings. The zero-order valence-corrected chi connectivity index (χ0v) is 13.6. The van der Waals surface area contributed by atoms with Gasteiger partial charge in [-0.15, -0.1) is 11.8 Å². The maximum Gasteiger partial charge on any atom is 0.240 e. The zero-order chi connectivity index (χ0) is 16.7. The third-order valence-corrected chi connectivity index (χ3v) is 4.35. The minimum Gasteiger partial charge on any atom is -0.310 e. The summed E-state index contributed by atoms with van der Waals surface area (Å²) in [5.74, 6) is -0.367. The molecule has 0 heterocycles. The van der Waals surface area contributed by atoms with Crippen molar-refractivity contribution in [2.75, 3.05) is 11.4 Å². The van der Waals surface area contributed by atoms with Crippen LogP contribution >= 0.6 is 11.8 Å². The first-order valence-electron chi connectivity index (χ1n) is 7.27. The van der Waals surface area contributed by atoms with Gasteiger partial charge in [-0.1, -0.05) is 18.2 Å².